The summed E-state index contributed by atoms with van der Waals surface area (Å²) in [5.41, 5.74) is 2.84. The monoisotopic (exact) mass is 332 g/mol. The molecular weight excluding hydrogens is 308 g/mol. The molecule has 1 N–H and O–H groups in total. The second-order valence-electron chi connectivity index (χ2n) is 6.27. The predicted molar refractivity (Wildman–Crippen MR) is 89.7 cm³/mol. The van der Waals surface area contributed by atoms with E-state index in [4.69, 9.17) is 9.47 Å². The van der Waals surface area contributed by atoms with Gasteiger partial charge in [-0.2, -0.15) is 0 Å². The number of amides is 2. The van der Waals surface area contributed by atoms with Crippen LogP contribution in [0, 0.1) is 0 Å². The van der Waals surface area contributed by atoms with Gasteiger partial charge in [-0.25, -0.2) is 0 Å². The summed E-state index contributed by atoms with van der Waals surface area (Å²) in [5, 5.41) is 2.91. The van der Waals surface area contributed by atoms with Crippen molar-refractivity contribution in [1.82, 2.24) is 5.32 Å². The first kappa shape index (κ1) is 16.9. The number of hydrogen-bond donors (Lipinski definition) is 1. The van der Waals surface area contributed by atoms with Crippen molar-refractivity contribution in [3.63, 3.8) is 0 Å². The number of likely N-dealkylation sites (N-methyl/N-ethyl adjacent to an activating group) is 1. The first-order valence-electron chi connectivity index (χ1n) is 8.50. The normalized spacial score (nSPS) is 18.8. The zero-order valence-electron chi connectivity index (χ0n) is 14.3. The van der Waals surface area contributed by atoms with Crippen molar-refractivity contribution in [1.29, 1.82) is 0 Å². The van der Waals surface area contributed by atoms with Gasteiger partial charge in [0.2, 0.25) is 11.8 Å². The number of benzene rings is 1. The average Bonchev–Trinajstić information content (AvgIpc) is 3.14. The highest BCUT2D eigenvalue weighted by molar-refractivity contribution is 6.00. The lowest BCUT2D eigenvalue weighted by Gasteiger charge is -2.28. The minimum atomic E-state index is -0.835. The number of nitrogens with one attached hydrogen (secondary N) is 1. The van der Waals surface area contributed by atoms with E-state index in [0.29, 0.717) is 39.0 Å². The third kappa shape index (κ3) is 3.16. The van der Waals surface area contributed by atoms with Crippen LogP contribution in [0.5, 0.6) is 0 Å². The smallest absolute Gasteiger partial charge is 0.231 e. The van der Waals surface area contributed by atoms with Crippen LogP contribution in [-0.2, 0) is 31.3 Å². The lowest BCUT2D eigenvalue weighted by atomic mass is 9.98. The third-order valence-electron chi connectivity index (χ3n) is 4.60. The van der Waals surface area contributed by atoms with Gasteiger partial charge >= 0.3 is 0 Å². The van der Waals surface area contributed by atoms with E-state index >= 15 is 0 Å². The highest BCUT2D eigenvalue weighted by Gasteiger charge is 2.39. The van der Waals surface area contributed by atoms with Crippen LogP contribution in [0.4, 0.5) is 5.69 Å². The molecule has 0 aliphatic carbocycles. The van der Waals surface area contributed by atoms with Crippen LogP contribution in [0.1, 0.15) is 37.3 Å². The van der Waals surface area contributed by atoms with Gasteiger partial charge in [0.25, 0.3) is 0 Å². The number of anilines is 1. The van der Waals surface area contributed by atoms with Crippen molar-refractivity contribution in [3.05, 3.63) is 29.3 Å². The molecule has 1 fully saturated rings. The topological polar surface area (TPSA) is 67.9 Å². The molecule has 0 spiro atoms. The molecule has 1 aromatic rings. The largest absolute Gasteiger partial charge is 0.356 e. The first-order valence-corrected chi connectivity index (χ1v) is 8.50. The van der Waals surface area contributed by atoms with Crippen LogP contribution < -0.4 is 10.2 Å². The molecule has 0 bridgehead atoms. The lowest BCUT2D eigenvalue weighted by Crippen LogP contribution is -2.34. The van der Waals surface area contributed by atoms with Crippen LogP contribution in [0.3, 0.4) is 0 Å². The van der Waals surface area contributed by atoms with Gasteiger partial charge in [0.05, 0.1) is 19.6 Å². The molecule has 3 rings (SSSR count). The van der Waals surface area contributed by atoms with E-state index in [2.05, 4.69) is 5.32 Å². The van der Waals surface area contributed by atoms with Crippen LogP contribution in [0.25, 0.3) is 0 Å². The van der Waals surface area contributed by atoms with E-state index in [1.54, 1.807) is 11.9 Å². The van der Waals surface area contributed by atoms with Crippen molar-refractivity contribution in [2.45, 2.75) is 38.4 Å². The maximum absolute atomic E-state index is 11.9. The van der Waals surface area contributed by atoms with E-state index in [9.17, 15) is 9.59 Å². The molecule has 24 heavy (non-hydrogen) atoms. The average molecular weight is 332 g/mol. The Kier molecular flexibility index (Phi) is 4.87. The molecule has 0 unspecified atom stereocenters. The van der Waals surface area contributed by atoms with Crippen molar-refractivity contribution < 1.29 is 19.1 Å². The fraction of sp³-hybridized carbons (Fsp3) is 0.556. The number of hydrogen-bond acceptors (Lipinski definition) is 4. The summed E-state index contributed by atoms with van der Waals surface area (Å²) < 4.78 is 11.8. The standard InChI is InChI=1S/C18H24N2O4/c1-3-4-16(21)19-8-7-18(23-9-10-24-18)14-5-6-15-13(11-14)12-17(22)20(15)2/h5-6,11H,3-4,7-10,12H2,1-2H3,(H,19,21). The van der Waals surface area contributed by atoms with Crippen LogP contribution in [-0.4, -0.2) is 38.6 Å². The minimum Gasteiger partial charge on any atom is -0.356 e. The van der Waals surface area contributed by atoms with Gasteiger partial charge in [-0.15, -0.1) is 0 Å². The van der Waals surface area contributed by atoms with E-state index in [1.807, 2.05) is 25.1 Å². The zero-order chi connectivity index (χ0) is 17.2. The number of ether oxygens (including phenoxy) is 2. The molecule has 6 nitrogen and oxygen atoms in total. The summed E-state index contributed by atoms with van der Waals surface area (Å²) in [6, 6.07) is 5.89. The molecule has 130 valence electrons. The Hall–Kier alpha value is -1.92. The summed E-state index contributed by atoms with van der Waals surface area (Å²) in [6.45, 7) is 3.53. The summed E-state index contributed by atoms with van der Waals surface area (Å²) >= 11 is 0. The molecule has 2 amide bonds. The Labute approximate surface area is 142 Å². The van der Waals surface area contributed by atoms with Gasteiger partial charge in [0, 0.05) is 37.7 Å². The number of nitrogens with zero attached hydrogens (tertiary/aromatic N) is 1. The molecule has 2 aliphatic heterocycles. The predicted octanol–water partition coefficient (Wildman–Crippen LogP) is 1.71. The van der Waals surface area contributed by atoms with Gasteiger partial charge in [-0.1, -0.05) is 13.0 Å². The molecule has 2 heterocycles. The van der Waals surface area contributed by atoms with Crippen LogP contribution in [0.2, 0.25) is 0 Å². The van der Waals surface area contributed by atoms with Crippen LogP contribution >= 0.6 is 0 Å². The van der Waals surface area contributed by atoms with Crippen molar-refractivity contribution in [2.24, 2.45) is 0 Å². The molecule has 0 atom stereocenters. The Bertz CT molecular complexity index is 638. The molecule has 2 aliphatic rings. The summed E-state index contributed by atoms with van der Waals surface area (Å²) in [4.78, 5) is 25.2. The first-order chi connectivity index (χ1) is 11.6. The number of carbonyl (C=O) groups is 2. The molecule has 1 aromatic carbocycles. The molecule has 0 saturated carbocycles. The maximum Gasteiger partial charge on any atom is 0.231 e. The number of carbonyl (C=O) groups excluding carboxylic acids is 2. The fourth-order valence-electron chi connectivity index (χ4n) is 3.30. The quantitative estimate of drug-likeness (QED) is 0.861. The molecule has 6 heteroatoms. The van der Waals surface area contributed by atoms with Crippen molar-refractivity contribution >= 4 is 17.5 Å². The van der Waals surface area contributed by atoms with Crippen molar-refractivity contribution in [3.8, 4) is 0 Å². The van der Waals surface area contributed by atoms with Gasteiger partial charge < -0.3 is 19.7 Å². The summed E-state index contributed by atoms with van der Waals surface area (Å²) in [7, 11) is 1.79. The van der Waals surface area contributed by atoms with Gasteiger partial charge in [0.15, 0.2) is 5.79 Å². The zero-order valence-corrected chi connectivity index (χ0v) is 14.3. The van der Waals surface area contributed by atoms with E-state index in [-0.39, 0.29) is 11.8 Å². The maximum atomic E-state index is 11.9. The molecule has 1 saturated heterocycles. The Morgan fingerprint density at radius 2 is 2.08 bits per heavy atom. The minimum absolute atomic E-state index is 0.0480. The molecular formula is C18H24N2O4. The van der Waals surface area contributed by atoms with Crippen molar-refractivity contribution in [2.75, 3.05) is 31.7 Å². The highest BCUT2D eigenvalue weighted by Crippen LogP contribution is 2.38. The molecule has 0 radical (unpaired) electrons. The highest BCUT2D eigenvalue weighted by atomic mass is 16.7. The van der Waals surface area contributed by atoms with E-state index in [0.717, 1.165) is 23.2 Å². The van der Waals surface area contributed by atoms with Gasteiger partial charge in [-0.05, 0) is 24.1 Å². The fourth-order valence-corrected chi connectivity index (χ4v) is 3.30. The number of rotatable bonds is 6. The Morgan fingerprint density at radius 1 is 1.33 bits per heavy atom. The summed E-state index contributed by atoms with van der Waals surface area (Å²) in [6.07, 6.45) is 2.31. The van der Waals surface area contributed by atoms with Crippen LogP contribution in [0.15, 0.2) is 18.2 Å². The van der Waals surface area contributed by atoms with Gasteiger partial charge in [0.1, 0.15) is 0 Å². The van der Waals surface area contributed by atoms with E-state index < -0.39 is 5.79 Å². The molecule has 0 aromatic heterocycles. The third-order valence-corrected chi connectivity index (χ3v) is 4.60. The second-order valence-corrected chi connectivity index (χ2v) is 6.27. The lowest BCUT2D eigenvalue weighted by molar-refractivity contribution is -0.170. The van der Waals surface area contributed by atoms with E-state index in [1.165, 1.54) is 0 Å². The Morgan fingerprint density at radius 3 is 2.79 bits per heavy atom. The summed E-state index contributed by atoms with van der Waals surface area (Å²) in [5.74, 6) is -0.693. The van der Waals surface area contributed by atoms with Gasteiger partial charge in [-0.3, -0.25) is 9.59 Å². The SMILES string of the molecule is CCCC(=O)NCCC1(c2ccc3c(c2)CC(=O)N3C)OCCO1. The second kappa shape index (κ2) is 6.91. The number of fused-ring (bicyclic) bond motifs is 1. The Balaban J connectivity index is 1.75.